The summed E-state index contributed by atoms with van der Waals surface area (Å²) in [5.41, 5.74) is 2.41. The van der Waals surface area contributed by atoms with Crippen LogP contribution in [-0.4, -0.2) is 33.4 Å². The normalized spacial score (nSPS) is 19.8. The largest absolute Gasteiger partial charge is 0.349 e. The van der Waals surface area contributed by atoms with Gasteiger partial charge in [0, 0.05) is 43.8 Å². The fourth-order valence-corrected chi connectivity index (χ4v) is 4.06. The molecule has 4 heteroatoms. The van der Waals surface area contributed by atoms with Gasteiger partial charge in [0.1, 0.15) is 0 Å². The maximum Gasteiger partial charge on any atom is 0.225 e. The lowest BCUT2D eigenvalue weighted by Gasteiger charge is -2.40. The molecule has 2 aromatic heterocycles. The third kappa shape index (κ3) is 2.31. The average molecular weight is 297 g/mol. The van der Waals surface area contributed by atoms with Crippen molar-refractivity contribution < 1.29 is 4.79 Å². The summed E-state index contributed by atoms with van der Waals surface area (Å²) in [6.45, 7) is 1.83. The molecule has 0 spiro atoms. The molecule has 2 aromatic rings. The second kappa shape index (κ2) is 5.41. The highest BCUT2D eigenvalue weighted by Crippen LogP contribution is 2.30. The van der Waals surface area contributed by atoms with Crippen molar-refractivity contribution in [3.05, 3.63) is 30.2 Å². The minimum Gasteiger partial charge on any atom is -0.349 e. The van der Waals surface area contributed by atoms with Crippen LogP contribution in [0.15, 0.2) is 24.5 Å². The van der Waals surface area contributed by atoms with Gasteiger partial charge < -0.3 is 9.47 Å². The predicted octanol–water partition coefficient (Wildman–Crippen LogP) is 2.76. The number of hydrogen-bond acceptors (Lipinski definition) is 2. The van der Waals surface area contributed by atoms with Crippen molar-refractivity contribution in [3.8, 4) is 0 Å². The van der Waals surface area contributed by atoms with Gasteiger partial charge in [-0.2, -0.15) is 0 Å². The highest BCUT2D eigenvalue weighted by Gasteiger charge is 2.35. The molecule has 1 aliphatic carbocycles. The summed E-state index contributed by atoms with van der Waals surface area (Å²) in [5.74, 6) is 1.28. The Kier molecular flexibility index (Phi) is 3.40. The molecule has 3 heterocycles. The summed E-state index contributed by atoms with van der Waals surface area (Å²) in [6, 6.07) is 4.20. The first-order valence-electron chi connectivity index (χ1n) is 8.40. The summed E-state index contributed by atoms with van der Waals surface area (Å²) >= 11 is 0. The Hall–Kier alpha value is -1.84. The van der Waals surface area contributed by atoms with Gasteiger partial charge in [-0.25, -0.2) is 0 Å². The third-order valence-electron chi connectivity index (χ3n) is 5.32. The Bertz CT molecular complexity index is 693. The van der Waals surface area contributed by atoms with Gasteiger partial charge in [-0.3, -0.25) is 9.78 Å². The Morgan fingerprint density at radius 1 is 1.27 bits per heavy atom. The summed E-state index contributed by atoms with van der Waals surface area (Å²) in [5, 5.41) is 1.26. The highest BCUT2D eigenvalue weighted by atomic mass is 16.2. The number of amides is 1. The zero-order valence-electron chi connectivity index (χ0n) is 13.2. The molecule has 2 aliphatic rings. The van der Waals surface area contributed by atoms with E-state index in [0.29, 0.717) is 17.7 Å². The monoisotopic (exact) mass is 297 g/mol. The number of likely N-dealkylation sites (tertiary alicyclic amines) is 1. The maximum absolute atomic E-state index is 12.4. The van der Waals surface area contributed by atoms with Crippen molar-refractivity contribution >= 4 is 16.8 Å². The van der Waals surface area contributed by atoms with E-state index in [9.17, 15) is 4.79 Å². The first-order chi connectivity index (χ1) is 10.7. The standard InChI is InChI=1S/C18H23N3O/c1-20-9-7-14-6-8-19-16(17(14)20)10-13-11-21(12-13)18(22)15-4-2-3-5-15/h6-9,13,15H,2-5,10-12H2,1H3. The molecular formula is C18H23N3O. The van der Waals surface area contributed by atoms with Crippen LogP contribution < -0.4 is 0 Å². The maximum atomic E-state index is 12.4. The number of rotatable bonds is 3. The second-order valence-electron chi connectivity index (χ2n) is 6.92. The van der Waals surface area contributed by atoms with Crippen molar-refractivity contribution in [2.24, 2.45) is 18.9 Å². The molecule has 0 unspecified atom stereocenters. The number of aryl methyl sites for hydroxylation is 1. The van der Waals surface area contributed by atoms with Gasteiger partial charge in [-0.15, -0.1) is 0 Å². The van der Waals surface area contributed by atoms with Gasteiger partial charge in [-0.1, -0.05) is 12.8 Å². The number of aromatic nitrogens is 2. The van der Waals surface area contributed by atoms with E-state index < -0.39 is 0 Å². The molecule has 0 bridgehead atoms. The molecule has 0 aromatic carbocycles. The van der Waals surface area contributed by atoms with Crippen molar-refractivity contribution in [2.45, 2.75) is 32.1 Å². The fraction of sp³-hybridized carbons (Fsp3) is 0.556. The van der Waals surface area contributed by atoms with Gasteiger partial charge in [-0.05, 0) is 37.3 Å². The van der Waals surface area contributed by atoms with Crippen LogP contribution in [0.1, 0.15) is 31.4 Å². The van der Waals surface area contributed by atoms with Crippen LogP contribution in [0.2, 0.25) is 0 Å². The molecule has 0 N–H and O–H groups in total. The topological polar surface area (TPSA) is 38.1 Å². The van der Waals surface area contributed by atoms with E-state index in [4.69, 9.17) is 0 Å². The van der Waals surface area contributed by atoms with Gasteiger partial charge in [0.25, 0.3) is 0 Å². The van der Waals surface area contributed by atoms with Gasteiger partial charge in [0.2, 0.25) is 5.91 Å². The number of nitrogens with zero attached hydrogens (tertiary/aromatic N) is 3. The minimum absolute atomic E-state index is 0.315. The van der Waals surface area contributed by atoms with E-state index >= 15 is 0 Å². The molecule has 1 saturated carbocycles. The minimum atomic E-state index is 0.315. The predicted molar refractivity (Wildman–Crippen MR) is 86.4 cm³/mol. The van der Waals surface area contributed by atoms with Crippen molar-refractivity contribution in [2.75, 3.05) is 13.1 Å². The lowest BCUT2D eigenvalue weighted by molar-refractivity contribution is -0.141. The molecule has 1 aliphatic heterocycles. The Labute approximate surface area is 131 Å². The zero-order chi connectivity index (χ0) is 15.1. The molecule has 0 radical (unpaired) electrons. The highest BCUT2D eigenvalue weighted by molar-refractivity contribution is 5.82. The SMILES string of the molecule is Cn1ccc2ccnc(CC3CN(C(=O)C4CCCC4)C3)c21. The molecule has 0 atom stereocenters. The Morgan fingerprint density at radius 3 is 2.82 bits per heavy atom. The van der Waals surface area contributed by atoms with E-state index in [1.165, 1.54) is 29.4 Å². The van der Waals surface area contributed by atoms with E-state index in [0.717, 1.165) is 32.4 Å². The van der Waals surface area contributed by atoms with Crippen LogP contribution in [0.4, 0.5) is 0 Å². The first-order valence-corrected chi connectivity index (χ1v) is 8.40. The second-order valence-corrected chi connectivity index (χ2v) is 6.92. The smallest absolute Gasteiger partial charge is 0.225 e. The molecule has 4 rings (SSSR count). The van der Waals surface area contributed by atoms with Crippen LogP contribution in [0, 0.1) is 11.8 Å². The fourth-order valence-electron chi connectivity index (χ4n) is 4.06. The van der Waals surface area contributed by atoms with Crippen molar-refractivity contribution in [3.63, 3.8) is 0 Å². The lowest BCUT2D eigenvalue weighted by atomic mass is 9.92. The number of fused-ring (bicyclic) bond motifs is 1. The molecular weight excluding hydrogens is 274 g/mol. The van der Waals surface area contributed by atoms with Crippen LogP contribution in [0.5, 0.6) is 0 Å². The number of carbonyl (C=O) groups excluding carboxylic acids is 1. The summed E-state index contributed by atoms with van der Waals surface area (Å²) in [6.07, 6.45) is 9.63. The molecule has 116 valence electrons. The van der Waals surface area contributed by atoms with Gasteiger partial charge in [0.05, 0.1) is 11.2 Å². The number of pyridine rings is 1. The number of carbonyl (C=O) groups is 1. The first kappa shape index (κ1) is 13.8. The van der Waals surface area contributed by atoms with Crippen LogP contribution >= 0.6 is 0 Å². The van der Waals surface area contributed by atoms with Crippen molar-refractivity contribution in [1.29, 1.82) is 0 Å². The zero-order valence-corrected chi connectivity index (χ0v) is 13.2. The third-order valence-corrected chi connectivity index (χ3v) is 5.32. The van der Waals surface area contributed by atoms with Gasteiger partial charge in [0.15, 0.2) is 0 Å². The summed E-state index contributed by atoms with van der Waals surface area (Å²) < 4.78 is 2.15. The molecule has 2 fully saturated rings. The Balaban J connectivity index is 1.41. The van der Waals surface area contributed by atoms with Crippen LogP contribution in [0.3, 0.4) is 0 Å². The van der Waals surface area contributed by atoms with E-state index in [1.807, 2.05) is 6.20 Å². The van der Waals surface area contributed by atoms with E-state index in [2.05, 4.69) is 39.8 Å². The summed E-state index contributed by atoms with van der Waals surface area (Å²) in [7, 11) is 2.07. The number of hydrogen-bond donors (Lipinski definition) is 0. The van der Waals surface area contributed by atoms with Crippen LogP contribution in [0.25, 0.3) is 10.9 Å². The Morgan fingerprint density at radius 2 is 2.05 bits per heavy atom. The van der Waals surface area contributed by atoms with Crippen LogP contribution in [-0.2, 0) is 18.3 Å². The average Bonchev–Trinajstić information content (AvgIpc) is 3.12. The van der Waals surface area contributed by atoms with Crippen molar-refractivity contribution in [1.82, 2.24) is 14.5 Å². The quantitative estimate of drug-likeness (QED) is 0.873. The van der Waals surface area contributed by atoms with Gasteiger partial charge >= 0.3 is 0 Å². The lowest BCUT2D eigenvalue weighted by Crippen LogP contribution is -2.52. The molecule has 1 amide bonds. The molecule has 1 saturated heterocycles. The van der Waals surface area contributed by atoms with E-state index in [-0.39, 0.29) is 0 Å². The molecule has 22 heavy (non-hydrogen) atoms. The van der Waals surface area contributed by atoms with E-state index in [1.54, 1.807) is 0 Å². The summed E-state index contributed by atoms with van der Waals surface area (Å²) in [4.78, 5) is 19.0. The molecule has 4 nitrogen and oxygen atoms in total.